The highest BCUT2D eigenvalue weighted by atomic mass is 19.1. The van der Waals surface area contributed by atoms with Gasteiger partial charge in [0.2, 0.25) is 5.71 Å². The molecule has 0 atom stereocenters. The van der Waals surface area contributed by atoms with Gasteiger partial charge in [0.25, 0.3) is 0 Å². The zero-order chi connectivity index (χ0) is 28.7. The lowest BCUT2D eigenvalue weighted by atomic mass is 9.98. The highest BCUT2D eigenvalue weighted by Gasteiger charge is 2.21. The predicted molar refractivity (Wildman–Crippen MR) is 157 cm³/mol. The predicted octanol–water partition coefficient (Wildman–Crippen LogP) is 7.57. The lowest BCUT2D eigenvalue weighted by molar-refractivity contribution is 0.0990. The van der Waals surface area contributed by atoms with Crippen molar-refractivity contribution in [3.05, 3.63) is 124 Å². The Hall–Kier alpha value is -5.04. The summed E-state index contributed by atoms with van der Waals surface area (Å²) in [5.74, 6) is -0.590. The third kappa shape index (κ3) is 4.69. The number of ether oxygens (including phenoxy) is 1. The Morgan fingerprint density at radius 1 is 1.00 bits per heavy atom. The van der Waals surface area contributed by atoms with E-state index in [4.69, 9.17) is 9.15 Å². The van der Waals surface area contributed by atoms with Gasteiger partial charge in [-0.3, -0.25) is 9.59 Å². The average molecular weight is 547 g/mol. The first-order valence-corrected chi connectivity index (χ1v) is 13.4. The molecule has 0 aliphatic rings. The number of nitrogens with zero attached hydrogens (tertiary/aromatic N) is 2. The van der Waals surface area contributed by atoms with Crippen molar-refractivity contribution in [1.29, 1.82) is 0 Å². The minimum absolute atomic E-state index is 0.00111. The van der Waals surface area contributed by atoms with Crippen LogP contribution >= 0.6 is 0 Å². The van der Waals surface area contributed by atoms with E-state index in [1.807, 2.05) is 67.1 Å². The van der Waals surface area contributed by atoms with Gasteiger partial charge in [0, 0.05) is 42.4 Å². The second-order valence-electron chi connectivity index (χ2n) is 10.0. The van der Waals surface area contributed by atoms with Crippen LogP contribution in [0.5, 0.6) is 11.5 Å². The summed E-state index contributed by atoms with van der Waals surface area (Å²) in [5, 5.41) is 1.14. The first-order chi connectivity index (χ1) is 19.9. The molecule has 0 unspecified atom stereocenters. The molecule has 0 aliphatic carbocycles. The van der Waals surface area contributed by atoms with Crippen molar-refractivity contribution in [2.45, 2.75) is 26.7 Å². The van der Waals surface area contributed by atoms with Gasteiger partial charge >= 0.3 is 0 Å². The number of furan rings is 1. The Labute approximate surface area is 235 Å². The Bertz CT molecular complexity index is 2010. The number of ketones is 1. The number of aryl methyl sites for hydroxylation is 2. The molecule has 0 radical (unpaired) electrons. The number of Topliss-reactive ketones (excluding diaryl/α,β-unsaturated/α-hetero) is 1. The number of fused-ring (bicyclic) bond motifs is 2. The van der Waals surface area contributed by atoms with Crippen molar-refractivity contribution in [1.82, 2.24) is 9.55 Å². The van der Waals surface area contributed by atoms with Gasteiger partial charge in [-0.1, -0.05) is 49.4 Å². The number of hydrogen-bond acceptors (Lipinski definition) is 5. The van der Waals surface area contributed by atoms with Gasteiger partial charge in [-0.15, -0.1) is 0 Å². The fraction of sp³-hybridized carbons (Fsp3) is 0.147. The molecule has 0 aliphatic heterocycles. The molecule has 3 aromatic carbocycles. The third-order valence-electron chi connectivity index (χ3n) is 7.55. The van der Waals surface area contributed by atoms with Gasteiger partial charge in [-0.05, 0) is 54.3 Å². The van der Waals surface area contributed by atoms with Crippen LogP contribution in [0.25, 0.3) is 33.1 Å². The van der Waals surface area contributed by atoms with E-state index in [0.717, 1.165) is 28.6 Å². The van der Waals surface area contributed by atoms with E-state index in [2.05, 4.69) is 4.98 Å². The summed E-state index contributed by atoms with van der Waals surface area (Å²) in [7, 11) is 1.84. The van der Waals surface area contributed by atoms with Crippen molar-refractivity contribution in [2.24, 2.45) is 7.05 Å². The summed E-state index contributed by atoms with van der Waals surface area (Å²) in [5.41, 5.74) is 4.71. The maximum Gasteiger partial charge on any atom is 0.230 e. The van der Waals surface area contributed by atoms with Crippen LogP contribution in [0.3, 0.4) is 0 Å². The Kier molecular flexibility index (Phi) is 6.71. The Morgan fingerprint density at radius 3 is 2.54 bits per heavy atom. The molecule has 3 aromatic heterocycles. The number of aromatic nitrogens is 2. The molecule has 0 spiro atoms. The van der Waals surface area contributed by atoms with Crippen LogP contribution in [0, 0.1) is 12.7 Å². The summed E-state index contributed by atoms with van der Waals surface area (Å²) < 4.78 is 28.8. The van der Waals surface area contributed by atoms with Crippen LogP contribution in [-0.2, 0) is 19.9 Å². The highest BCUT2D eigenvalue weighted by Crippen LogP contribution is 2.38. The van der Waals surface area contributed by atoms with Crippen molar-refractivity contribution < 1.29 is 18.3 Å². The lowest BCUT2D eigenvalue weighted by Gasteiger charge is -2.15. The number of halogens is 1. The second kappa shape index (κ2) is 10.5. The number of benzene rings is 3. The molecule has 0 saturated carbocycles. The molecule has 3 heterocycles. The van der Waals surface area contributed by atoms with Crippen molar-refractivity contribution >= 4 is 27.8 Å². The van der Waals surface area contributed by atoms with Gasteiger partial charge in [-0.2, -0.15) is 0 Å². The van der Waals surface area contributed by atoms with E-state index >= 15 is 4.39 Å². The first kappa shape index (κ1) is 26.2. The highest BCUT2D eigenvalue weighted by molar-refractivity contribution is 6.01. The molecular formula is C34H27FN2O4. The fourth-order valence-electron chi connectivity index (χ4n) is 5.23. The summed E-state index contributed by atoms with van der Waals surface area (Å²) in [6, 6.07) is 21.5. The third-order valence-corrected chi connectivity index (χ3v) is 7.55. The average Bonchev–Trinajstić information content (AvgIpc) is 3.43. The maximum atomic E-state index is 15.3. The van der Waals surface area contributed by atoms with Gasteiger partial charge < -0.3 is 13.7 Å². The van der Waals surface area contributed by atoms with E-state index in [1.54, 1.807) is 25.3 Å². The fourth-order valence-corrected chi connectivity index (χ4v) is 5.23. The SMILES string of the molecule is CCc1ccc2c(c1)c(=O)c(C(=O)Cc1ccc(Oc3ccnc4occ(-c5ccccc5)c34)c(F)c1)c(C)n2C. The summed E-state index contributed by atoms with van der Waals surface area (Å²) in [6.45, 7) is 3.77. The topological polar surface area (TPSA) is 74.3 Å². The number of pyridine rings is 2. The molecule has 6 rings (SSSR count). The molecule has 0 bridgehead atoms. The summed E-state index contributed by atoms with van der Waals surface area (Å²) in [4.78, 5) is 31.1. The van der Waals surface area contributed by atoms with Gasteiger partial charge in [-0.25, -0.2) is 9.37 Å². The number of hydrogen-bond donors (Lipinski definition) is 0. The number of carbonyl (C=O) groups is 1. The molecule has 204 valence electrons. The molecule has 0 amide bonds. The van der Waals surface area contributed by atoms with E-state index in [0.29, 0.717) is 33.5 Å². The normalized spacial score (nSPS) is 11.3. The van der Waals surface area contributed by atoms with Crippen LogP contribution in [0.2, 0.25) is 0 Å². The van der Waals surface area contributed by atoms with Crippen LogP contribution in [0.4, 0.5) is 4.39 Å². The van der Waals surface area contributed by atoms with Crippen LogP contribution in [0.1, 0.15) is 34.1 Å². The molecule has 41 heavy (non-hydrogen) atoms. The van der Waals surface area contributed by atoms with E-state index in [-0.39, 0.29) is 28.9 Å². The van der Waals surface area contributed by atoms with Crippen molar-refractivity contribution in [3.8, 4) is 22.6 Å². The molecule has 0 fully saturated rings. The van der Waals surface area contributed by atoms with E-state index < -0.39 is 5.82 Å². The largest absolute Gasteiger partial charge is 0.453 e. The number of carbonyl (C=O) groups excluding carboxylic acids is 1. The monoisotopic (exact) mass is 546 g/mol. The zero-order valence-corrected chi connectivity index (χ0v) is 22.9. The van der Waals surface area contributed by atoms with Crippen molar-refractivity contribution in [2.75, 3.05) is 0 Å². The summed E-state index contributed by atoms with van der Waals surface area (Å²) in [6.07, 6.45) is 3.80. The van der Waals surface area contributed by atoms with Gasteiger partial charge in [0.15, 0.2) is 22.8 Å². The van der Waals surface area contributed by atoms with Crippen LogP contribution in [0.15, 0.2) is 94.5 Å². The molecule has 0 saturated heterocycles. The lowest BCUT2D eigenvalue weighted by Crippen LogP contribution is -2.23. The van der Waals surface area contributed by atoms with Crippen LogP contribution in [-0.4, -0.2) is 15.3 Å². The van der Waals surface area contributed by atoms with Crippen molar-refractivity contribution in [3.63, 3.8) is 0 Å². The molecule has 0 N–H and O–H groups in total. The van der Waals surface area contributed by atoms with Gasteiger partial charge in [0.1, 0.15) is 12.0 Å². The summed E-state index contributed by atoms with van der Waals surface area (Å²) >= 11 is 0. The smallest absolute Gasteiger partial charge is 0.230 e. The number of rotatable bonds is 7. The van der Waals surface area contributed by atoms with E-state index in [1.165, 1.54) is 18.3 Å². The first-order valence-electron chi connectivity index (χ1n) is 13.4. The second-order valence-corrected chi connectivity index (χ2v) is 10.0. The molecular weight excluding hydrogens is 519 g/mol. The zero-order valence-electron chi connectivity index (χ0n) is 22.9. The minimum Gasteiger partial charge on any atom is -0.453 e. The quantitative estimate of drug-likeness (QED) is 0.193. The molecule has 7 heteroatoms. The molecule has 6 nitrogen and oxygen atoms in total. The maximum absolute atomic E-state index is 15.3. The standard InChI is InChI=1S/C34H27FN2O4/c1-4-21-10-12-27-24(16-21)33(39)31(20(2)37(27)3)28(38)18-22-11-13-29(26(35)17-22)41-30-14-15-36-34-32(30)25(19-40-34)23-8-6-5-7-9-23/h5-17,19H,4,18H2,1-3H3. The Balaban J connectivity index is 1.30. The van der Waals surface area contributed by atoms with Gasteiger partial charge in [0.05, 0.1) is 16.5 Å². The minimum atomic E-state index is -0.624. The van der Waals surface area contributed by atoms with Crippen LogP contribution < -0.4 is 10.2 Å². The van der Waals surface area contributed by atoms with E-state index in [9.17, 15) is 9.59 Å². The molecule has 6 aromatic rings. The Morgan fingerprint density at radius 2 is 1.78 bits per heavy atom.